The van der Waals surface area contributed by atoms with Crippen LogP contribution >= 0.6 is 11.3 Å². The van der Waals surface area contributed by atoms with Gasteiger partial charge in [-0.2, -0.15) is 0 Å². The molecule has 2 atom stereocenters. The number of benzene rings is 1. The molecule has 3 rings (SSSR count). The average molecular weight is 477 g/mol. The van der Waals surface area contributed by atoms with Crippen molar-refractivity contribution in [2.45, 2.75) is 31.9 Å². The lowest BCUT2D eigenvalue weighted by Gasteiger charge is -2.37. The summed E-state index contributed by atoms with van der Waals surface area (Å²) in [7, 11) is 3.23. The topological polar surface area (TPSA) is 71.5 Å². The van der Waals surface area contributed by atoms with Crippen LogP contribution in [0.2, 0.25) is 0 Å². The zero-order chi connectivity index (χ0) is 23.6. The molecular weight excluding hydrogens is 440 g/mol. The molecule has 7 nitrogen and oxygen atoms in total. The lowest BCUT2D eigenvalue weighted by molar-refractivity contribution is -0.136. The number of rotatable bonds is 13. The van der Waals surface area contributed by atoms with Crippen molar-refractivity contribution in [3.05, 3.63) is 51.7 Å². The quantitative estimate of drug-likeness (QED) is 0.448. The van der Waals surface area contributed by atoms with Crippen molar-refractivity contribution in [3.63, 3.8) is 0 Å². The normalized spacial score (nSPS) is 16.6. The van der Waals surface area contributed by atoms with Gasteiger partial charge in [0.2, 0.25) is 5.91 Å². The molecule has 1 aliphatic heterocycles. The van der Waals surface area contributed by atoms with Crippen LogP contribution in [0.25, 0.3) is 0 Å². The number of carbonyl (C=O) groups is 1. The summed E-state index contributed by atoms with van der Waals surface area (Å²) in [5.74, 6) is 0.852. The average Bonchev–Trinajstić information content (AvgIpc) is 3.28. The van der Waals surface area contributed by atoms with Gasteiger partial charge in [-0.15, -0.1) is 11.3 Å². The molecule has 8 heteroatoms. The number of carbonyl (C=O) groups excluding carboxylic acids is 1. The minimum absolute atomic E-state index is 0.0476. The number of fused-ring (bicyclic) bond motifs is 1. The van der Waals surface area contributed by atoms with Crippen LogP contribution in [0.4, 0.5) is 0 Å². The molecule has 0 fully saturated rings. The smallest absolute Gasteiger partial charge is 0.237 e. The fraction of sp³-hybridized carbons (Fsp3) is 0.560. The molecule has 1 aromatic heterocycles. The van der Waals surface area contributed by atoms with Crippen LogP contribution in [-0.2, 0) is 20.7 Å². The summed E-state index contributed by atoms with van der Waals surface area (Å²) in [5.41, 5.74) is 2.36. The Hall–Kier alpha value is -1.97. The van der Waals surface area contributed by atoms with E-state index in [0.717, 1.165) is 18.6 Å². The van der Waals surface area contributed by atoms with Crippen LogP contribution < -0.4 is 4.74 Å². The first-order chi connectivity index (χ1) is 16.0. The van der Waals surface area contributed by atoms with E-state index in [2.05, 4.69) is 11.4 Å². The standard InChI is InChI=1S/C25H36N2O5S/c1-19-5-7-21(8-6-19)32-18-23-22-10-14-33-24(22)9-12-27(23)25(29)16-26(11-4-13-30-2)15-20(28)17-31-3/h5-8,10,14,20,23,28H,4,9,11-13,15-18H2,1-3H3/t20-,23+/m0/s1. The Labute approximate surface area is 200 Å². The second-order valence-electron chi connectivity index (χ2n) is 8.47. The van der Waals surface area contributed by atoms with E-state index < -0.39 is 6.10 Å². The number of amides is 1. The van der Waals surface area contributed by atoms with Crippen molar-refractivity contribution in [2.24, 2.45) is 0 Å². The Balaban J connectivity index is 1.69. The van der Waals surface area contributed by atoms with Crippen molar-refractivity contribution in [2.75, 3.05) is 60.2 Å². The van der Waals surface area contributed by atoms with Gasteiger partial charge in [-0.05, 0) is 48.9 Å². The second-order valence-corrected chi connectivity index (χ2v) is 9.47. The molecule has 0 unspecified atom stereocenters. The van der Waals surface area contributed by atoms with Crippen molar-refractivity contribution in [3.8, 4) is 5.75 Å². The Morgan fingerprint density at radius 2 is 2.03 bits per heavy atom. The van der Waals surface area contributed by atoms with E-state index in [1.807, 2.05) is 41.0 Å². The highest BCUT2D eigenvalue weighted by atomic mass is 32.1. The molecule has 0 spiro atoms. The highest BCUT2D eigenvalue weighted by Crippen LogP contribution is 2.34. The van der Waals surface area contributed by atoms with Crippen LogP contribution in [0.3, 0.4) is 0 Å². The summed E-state index contributed by atoms with van der Waals surface area (Å²) in [6.07, 6.45) is 1.00. The Morgan fingerprint density at radius 1 is 1.24 bits per heavy atom. The summed E-state index contributed by atoms with van der Waals surface area (Å²) >= 11 is 1.74. The third-order valence-corrected chi connectivity index (χ3v) is 6.85. The van der Waals surface area contributed by atoms with Crippen LogP contribution in [0.5, 0.6) is 5.75 Å². The first-order valence-corrected chi connectivity index (χ1v) is 12.3. The first-order valence-electron chi connectivity index (χ1n) is 11.4. The van der Waals surface area contributed by atoms with E-state index in [0.29, 0.717) is 32.8 Å². The molecule has 1 amide bonds. The van der Waals surface area contributed by atoms with Crippen LogP contribution in [0, 0.1) is 6.92 Å². The van der Waals surface area contributed by atoms with E-state index in [9.17, 15) is 9.90 Å². The van der Waals surface area contributed by atoms with Gasteiger partial charge in [-0.3, -0.25) is 9.69 Å². The van der Waals surface area contributed by atoms with Gasteiger partial charge in [-0.1, -0.05) is 17.7 Å². The van der Waals surface area contributed by atoms with Gasteiger partial charge >= 0.3 is 0 Å². The molecule has 0 aliphatic carbocycles. The molecule has 0 saturated carbocycles. The predicted octanol–water partition coefficient (Wildman–Crippen LogP) is 2.91. The van der Waals surface area contributed by atoms with E-state index in [1.165, 1.54) is 16.0 Å². The van der Waals surface area contributed by atoms with Crippen LogP contribution in [0.1, 0.15) is 28.5 Å². The lowest BCUT2D eigenvalue weighted by atomic mass is 10.0. The van der Waals surface area contributed by atoms with Crippen LogP contribution in [-0.4, -0.2) is 87.1 Å². The Kier molecular flexibility index (Phi) is 10.1. The van der Waals surface area contributed by atoms with E-state index >= 15 is 0 Å². The highest BCUT2D eigenvalue weighted by molar-refractivity contribution is 7.10. The molecule has 1 aliphatic rings. The fourth-order valence-corrected chi connectivity index (χ4v) is 5.11. The monoisotopic (exact) mass is 476 g/mol. The number of ether oxygens (including phenoxy) is 3. The maximum atomic E-state index is 13.5. The largest absolute Gasteiger partial charge is 0.491 e. The third-order valence-electron chi connectivity index (χ3n) is 5.85. The number of hydrogen-bond donors (Lipinski definition) is 1. The summed E-state index contributed by atoms with van der Waals surface area (Å²) in [5, 5.41) is 12.3. The maximum absolute atomic E-state index is 13.5. The molecule has 1 N–H and O–H groups in total. The first kappa shape index (κ1) is 25.6. The van der Waals surface area contributed by atoms with Gasteiger partial charge in [0.05, 0.1) is 25.3 Å². The molecule has 33 heavy (non-hydrogen) atoms. The fourth-order valence-electron chi connectivity index (χ4n) is 4.18. The van der Waals surface area contributed by atoms with Crippen molar-refractivity contribution >= 4 is 17.2 Å². The minimum atomic E-state index is -0.643. The highest BCUT2D eigenvalue weighted by Gasteiger charge is 2.33. The van der Waals surface area contributed by atoms with Gasteiger partial charge in [0.15, 0.2) is 0 Å². The Morgan fingerprint density at radius 3 is 2.76 bits per heavy atom. The number of hydrogen-bond acceptors (Lipinski definition) is 7. The molecule has 0 saturated heterocycles. The Bertz CT molecular complexity index is 857. The van der Waals surface area contributed by atoms with Gasteiger partial charge in [0.25, 0.3) is 0 Å². The van der Waals surface area contributed by atoms with Crippen LogP contribution in [0.15, 0.2) is 35.7 Å². The third kappa shape index (κ3) is 7.52. The molecule has 2 heterocycles. The summed E-state index contributed by atoms with van der Waals surface area (Å²) in [4.78, 5) is 18.7. The van der Waals surface area contributed by atoms with E-state index in [-0.39, 0.29) is 25.1 Å². The molecule has 0 bridgehead atoms. The lowest BCUT2D eigenvalue weighted by Crippen LogP contribution is -2.48. The number of aliphatic hydroxyl groups excluding tert-OH is 1. The summed E-state index contributed by atoms with van der Waals surface area (Å²) < 4.78 is 16.4. The number of aliphatic hydroxyl groups is 1. The van der Waals surface area contributed by atoms with Gasteiger partial charge < -0.3 is 24.2 Å². The maximum Gasteiger partial charge on any atom is 0.237 e. The number of thiophene rings is 1. The molecule has 2 aromatic rings. The SMILES string of the molecule is COCCCN(CC(=O)N1CCc2sccc2[C@H]1COc1ccc(C)cc1)C[C@H](O)COC. The summed E-state index contributed by atoms with van der Waals surface area (Å²) in [6, 6.07) is 9.97. The summed E-state index contributed by atoms with van der Waals surface area (Å²) in [6.45, 7) is 5.27. The second kappa shape index (κ2) is 13.1. The van der Waals surface area contributed by atoms with Crippen molar-refractivity contribution in [1.29, 1.82) is 0 Å². The molecule has 182 valence electrons. The number of methoxy groups -OCH3 is 2. The number of aryl methyl sites for hydroxylation is 1. The van der Waals surface area contributed by atoms with Gasteiger partial charge in [-0.25, -0.2) is 0 Å². The van der Waals surface area contributed by atoms with Gasteiger partial charge in [0.1, 0.15) is 12.4 Å². The molecule has 1 aromatic carbocycles. The van der Waals surface area contributed by atoms with E-state index in [1.54, 1.807) is 25.6 Å². The zero-order valence-electron chi connectivity index (χ0n) is 19.9. The molecule has 0 radical (unpaired) electrons. The van der Waals surface area contributed by atoms with Gasteiger partial charge in [0, 0.05) is 45.3 Å². The van der Waals surface area contributed by atoms with Crippen molar-refractivity contribution < 1.29 is 24.1 Å². The molecular formula is C25H36N2O5S. The van der Waals surface area contributed by atoms with E-state index in [4.69, 9.17) is 14.2 Å². The van der Waals surface area contributed by atoms with Crippen molar-refractivity contribution in [1.82, 2.24) is 9.80 Å². The predicted molar refractivity (Wildman–Crippen MR) is 130 cm³/mol. The number of nitrogens with zero attached hydrogens (tertiary/aromatic N) is 2. The minimum Gasteiger partial charge on any atom is -0.491 e. The zero-order valence-corrected chi connectivity index (χ0v) is 20.7.